The summed E-state index contributed by atoms with van der Waals surface area (Å²) in [5.41, 5.74) is 2.66. The molecule has 2 aromatic rings. The molecule has 0 saturated carbocycles. The quantitative estimate of drug-likeness (QED) is 0.648. The molecule has 0 fully saturated rings. The summed E-state index contributed by atoms with van der Waals surface area (Å²) >= 11 is 5.33. The summed E-state index contributed by atoms with van der Waals surface area (Å²) in [6.07, 6.45) is 0. The number of carbonyl (C=O) groups is 1. The third-order valence-electron chi connectivity index (χ3n) is 4.40. The molecule has 28 heavy (non-hydrogen) atoms. The molecule has 1 atom stereocenters. The third kappa shape index (κ3) is 4.09. The Morgan fingerprint density at radius 1 is 1.14 bits per heavy atom. The van der Waals surface area contributed by atoms with Gasteiger partial charge < -0.3 is 25.4 Å². The molecule has 1 amide bonds. The molecule has 0 radical (unpaired) electrons. The van der Waals surface area contributed by atoms with E-state index in [1.165, 1.54) is 0 Å². The van der Waals surface area contributed by atoms with Crippen LogP contribution < -0.4 is 25.4 Å². The Labute approximate surface area is 169 Å². The van der Waals surface area contributed by atoms with E-state index in [4.69, 9.17) is 21.7 Å². The number of amides is 1. The maximum Gasteiger partial charge on any atom is 0.255 e. The number of ether oxygens (including phenoxy) is 2. The van der Waals surface area contributed by atoms with Gasteiger partial charge in [-0.15, -0.1) is 0 Å². The number of rotatable bonds is 6. The maximum absolute atomic E-state index is 13.2. The molecule has 1 aliphatic heterocycles. The lowest BCUT2D eigenvalue weighted by Gasteiger charge is -2.31. The van der Waals surface area contributed by atoms with Crippen molar-refractivity contribution in [1.82, 2.24) is 10.6 Å². The molecule has 0 saturated heterocycles. The van der Waals surface area contributed by atoms with Crippen LogP contribution in [0.4, 0.5) is 5.69 Å². The monoisotopic (exact) mass is 397 g/mol. The smallest absolute Gasteiger partial charge is 0.255 e. The number of thiocarbonyl (C=S) groups is 1. The summed E-state index contributed by atoms with van der Waals surface area (Å²) in [6.45, 7) is 4.28. The minimum absolute atomic E-state index is 0.249. The molecule has 3 rings (SSSR count). The first-order valence-electron chi connectivity index (χ1n) is 8.99. The number of anilines is 1. The van der Waals surface area contributed by atoms with Gasteiger partial charge in [0.05, 0.1) is 31.0 Å². The molecule has 1 heterocycles. The van der Waals surface area contributed by atoms with Gasteiger partial charge in [-0.2, -0.15) is 0 Å². The van der Waals surface area contributed by atoms with Crippen molar-refractivity contribution in [2.75, 3.05) is 19.0 Å². The van der Waals surface area contributed by atoms with Crippen LogP contribution >= 0.6 is 12.2 Å². The van der Waals surface area contributed by atoms with Gasteiger partial charge in [0.25, 0.3) is 5.91 Å². The Morgan fingerprint density at radius 3 is 2.54 bits per heavy atom. The zero-order valence-corrected chi connectivity index (χ0v) is 16.9. The van der Waals surface area contributed by atoms with Gasteiger partial charge in [0.2, 0.25) is 0 Å². The number of benzene rings is 2. The second kappa shape index (κ2) is 8.75. The van der Waals surface area contributed by atoms with Crippen LogP contribution in [-0.2, 0) is 4.79 Å². The maximum atomic E-state index is 13.2. The average molecular weight is 398 g/mol. The highest BCUT2D eigenvalue weighted by Crippen LogP contribution is 2.34. The van der Waals surface area contributed by atoms with Crippen LogP contribution in [-0.4, -0.2) is 24.7 Å². The van der Waals surface area contributed by atoms with Gasteiger partial charge in [-0.05, 0) is 44.3 Å². The molecule has 2 aromatic carbocycles. The highest BCUT2D eigenvalue weighted by Gasteiger charge is 2.32. The van der Waals surface area contributed by atoms with Gasteiger partial charge in [0.15, 0.2) is 5.11 Å². The molecule has 0 aliphatic carbocycles. The number of para-hydroxylation sites is 3. The van der Waals surface area contributed by atoms with Crippen molar-refractivity contribution in [2.24, 2.45) is 0 Å². The molecule has 0 aromatic heterocycles. The number of methoxy groups -OCH3 is 1. The largest absolute Gasteiger partial charge is 0.495 e. The summed E-state index contributed by atoms with van der Waals surface area (Å²) in [7, 11) is 1.57. The number of hydrogen-bond acceptors (Lipinski definition) is 4. The van der Waals surface area contributed by atoms with Crippen molar-refractivity contribution in [1.29, 1.82) is 0 Å². The summed E-state index contributed by atoms with van der Waals surface area (Å²) in [6, 6.07) is 14.5. The average Bonchev–Trinajstić information content (AvgIpc) is 2.68. The van der Waals surface area contributed by atoms with Gasteiger partial charge in [-0.25, -0.2) is 0 Å². The molecular formula is C21H23N3O3S. The zero-order chi connectivity index (χ0) is 20.1. The Morgan fingerprint density at radius 2 is 1.82 bits per heavy atom. The van der Waals surface area contributed by atoms with E-state index in [0.29, 0.717) is 40.2 Å². The van der Waals surface area contributed by atoms with Crippen LogP contribution in [0.2, 0.25) is 0 Å². The van der Waals surface area contributed by atoms with E-state index in [2.05, 4.69) is 16.0 Å². The van der Waals surface area contributed by atoms with E-state index >= 15 is 0 Å². The topological polar surface area (TPSA) is 71.6 Å². The van der Waals surface area contributed by atoms with Crippen molar-refractivity contribution in [3.63, 3.8) is 0 Å². The molecule has 0 bridgehead atoms. The van der Waals surface area contributed by atoms with Gasteiger partial charge in [0, 0.05) is 11.3 Å². The van der Waals surface area contributed by atoms with Gasteiger partial charge in [-0.3, -0.25) is 4.79 Å². The van der Waals surface area contributed by atoms with Crippen molar-refractivity contribution in [2.45, 2.75) is 19.9 Å². The molecule has 3 N–H and O–H groups in total. The lowest BCUT2D eigenvalue weighted by molar-refractivity contribution is -0.113. The van der Waals surface area contributed by atoms with Crippen molar-refractivity contribution >= 4 is 28.9 Å². The van der Waals surface area contributed by atoms with Gasteiger partial charge in [-0.1, -0.05) is 30.3 Å². The molecule has 0 unspecified atom stereocenters. The second-order valence-corrected chi connectivity index (χ2v) is 6.60. The van der Waals surface area contributed by atoms with Crippen molar-refractivity contribution in [3.8, 4) is 11.5 Å². The summed E-state index contributed by atoms with van der Waals surface area (Å²) < 4.78 is 11.1. The number of nitrogens with one attached hydrogen (secondary N) is 3. The predicted octanol–water partition coefficient (Wildman–Crippen LogP) is 3.53. The molecule has 7 heteroatoms. The van der Waals surface area contributed by atoms with Crippen LogP contribution in [0.1, 0.15) is 25.5 Å². The second-order valence-electron chi connectivity index (χ2n) is 6.20. The molecule has 1 aliphatic rings. The van der Waals surface area contributed by atoms with E-state index in [-0.39, 0.29) is 5.91 Å². The molecular weight excluding hydrogens is 374 g/mol. The number of allylic oxidation sites excluding steroid dienone is 1. The standard InChI is InChI=1S/C21H23N3O3S/c1-4-27-16-11-7-5-9-14(16)19-18(13(2)22-21(28)24-19)20(25)23-15-10-6-8-12-17(15)26-3/h5-12,19H,4H2,1-3H3,(H,23,25)(H2,22,24,28)/t19-/m0/s1. The number of hydrogen-bond donors (Lipinski definition) is 3. The fourth-order valence-corrected chi connectivity index (χ4v) is 3.44. The van der Waals surface area contributed by atoms with Crippen LogP contribution in [0.15, 0.2) is 59.8 Å². The van der Waals surface area contributed by atoms with Crippen LogP contribution in [0.25, 0.3) is 0 Å². The molecule has 0 spiro atoms. The Kier molecular flexibility index (Phi) is 6.16. The first-order valence-corrected chi connectivity index (χ1v) is 9.40. The van der Waals surface area contributed by atoms with Crippen LogP contribution in [0.3, 0.4) is 0 Å². The SMILES string of the molecule is CCOc1ccccc1[C@@H]1NC(=S)NC(C)=C1C(=O)Nc1ccccc1OC. The van der Waals surface area contributed by atoms with E-state index < -0.39 is 6.04 Å². The van der Waals surface area contributed by atoms with E-state index in [1.807, 2.05) is 50.2 Å². The summed E-state index contributed by atoms with van der Waals surface area (Å²) in [5.74, 6) is 1.05. The van der Waals surface area contributed by atoms with Crippen molar-refractivity contribution in [3.05, 3.63) is 65.4 Å². The van der Waals surface area contributed by atoms with E-state index in [9.17, 15) is 4.79 Å². The Hall–Kier alpha value is -3.06. The molecule has 6 nitrogen and oxygen atoms in total. The highest BCUT2D eigenvalue weighted by molar-refractivity contribution is 7.80. The van der Waals surface area contributed by atoms with Gasteiger partial charge >= 0.3 is 0 Å². The summed E-state index contributed by atoms with van der Waals surface area (Å²) in [5, 5.41) is 9.64. The normalized spacial score (nSPS) is 16.1. The third-order valence-corrected chi connectivity index (χ3v) is 4.62. The van der Waals surface area contributed by atoms with E-state index in [0.717, 1.165) is 5.56 Å². The zero-order valence-electron chi connectivity index (χ0n) is 16.0. The van der Waals surface area contributed by atoms with Crippen LogP contribution in [0.5, 0.6) is 11.5 Å². The predicted molar refractivity (Wildman–Crippen MR) is 114 cm³/mol. The fraction of sp³-hybridized carbons (Fsp3) is 0.238. The van der Waals surface area contributed by atoms with E-state index in [1.54, 1.807) is 19.2 Å². The lowest BCUT2D eigenvalue weighted by atomic mass is 9.94. The Bertz CT molecular complexity index is 927. The minimum Gasteiger partial charge on any atom is -0.495 e. The molecule has 146 valence electrons. The fourth-order valence-electron chi connectivity index (χ4n) is 3.17. The highest BCUT2D eigenvalue weighted by atomic mass is 32.1. The summed E-state index contributed by atoms with van der Waals surface area (Å²) in [4.78, 5) is 13.2. The first kappa shape index (κ1) is 19.7. The number of carbonyl (C=O) groups excluding carboxylic acids is 1. The first-order chi connectivity index (χ1) is 13.5. The van der Waals surface area contributed by atoms with Gasteiger partial charge in [0.1, 0.15) is 11.5 Å². The van der Waals surface area contributed by atoms with Crippen molar-refractivity contribution < 1.29 is 14.3 Å². The Balaban J connectivity index is 2.00. The lowest BCUT2D eigenvalue weighted by Crippen LogP contribution is -2.45. The minimum atomic E-state index is -0.439. The van der Waals surface area contributed by atoms with Crippen LogP contribution in [0, 0.1) is 0 Å².